The van der Waals surface area contributed by atoms with Crippen molar-refractivity contribution in [2.24, 2.45) is 62.1 Å². The van der Waals surface area contributed by atoms with Crippen molar-refractivity contribution in [3.8, 4) is 5.75 Å². The molecule has 0 aliphatic heterocycles. The van der Waals surface area contributed by atoms with Gasteiger partial charge in [-0.1, -0.05) is 72.8 Å². The number of ether oxygens (including phenoxy) is 2. The number of amides is 1. The molecule has 7 heteroatoms. The molecule has 1 aromatic carbocycles. The Labute approximate surface area is 319 Å². The highest BCUT2D eigenvalue weighted by Crippen LogP contribution is 2.78. The van der Waals surface area contributed by atoms with Gasteiger partial charge in [-0.3, -0.25) is 14.4 Å². The molecule has 6 rings (SSSR count). The Kier molecular flexibility index (Phi) is 10.6. The van der Waals surface area contributed by atoms with Gasteiger partial charge in [-0.05, 0) is 145 Å². The van der Waals surface area contributed by atoms with Gasteiger partial charge >= 0.3 is 11.9 Å². The molecule has 0 heterocycles. The molecular weight excluding hydrogens is 663 g/mol. The number of carboxylic acids is 1. The van der Waals surface area contributed by atoms with Crippen LogP contribution in [0.15, 0.2) is 36.4 Å². The summed E-state index contributed by atoms with van der Waals surface area (Å²) in [6, 6.07) is 7.96. The van der Waals surface area contributed by atoms with Crippen molar-refractivity contribution in [2.45, 2.75) is 152 Å². The zero-order chi connectivity index (χ0) is 38.8. The van der Waals surface area contributed by atoms with Gasteiger partial charge in [0.15, 0.2) is 0 Å². The molecule has 294 valence electrons. The number of esters is 1. The van der Waals surface area contributed by atoms with Crippen molar-refractivity contribution in [3.05, 3.63) is 42.0 Å². The predicted molar refractivity (Wildman–Crippen MR) is 209 cm³/mol. The molecule has 0 bridgehead atoms. The number of nitrogens with one attached hydrogen (secondary N) is 1. The number of carbonyl (C=O) groups is 3. The fourth-order valence-electron chi connectivity index (χ4n) is 14.2. The SMILES string of the molecule is C=C(C)[C@@H]1CC[C@]2(CC(=O)NCc3ccc(OC)cc3)CC[C@]3(C)[C@H](CC[C@@H]4[C@@]5(C)CC[C@H](OC(=O)CC(C)(C)CC(=O)O)C(C)(C)[C@@H]5CC[C@]43C)[C@@H]12. The maximum absolute atomic E-state index is 13.8. The fraction of sp³-hybridized carbons (Fsp3) is 0.761. The molecule has 5 aliphatic carbocycles. The van der Waals surface area contributed by atoms with Gasteiger partial charge in [0, 0.05) is 18.4 Å². The van der Waals surface area contributed by atoms with Crippen LogP contribution in [0.1, 0.15) is 144 Å². The van der Waals surface area contributed by atoms with Crippen LogP contribution in [0, 0.1) is 62.1 Å². The molecule has 5 saturated carbocycles. The smallest absolute Gasteiger partial charge is 0.306 e. The first-order valence-electron chi connectivity index (χ1n) is 20.7. The summed E-state index contributed by atoms with van der Waals surface area (Å²) in [6.07, 6.45) is 11.7. The third-order valence-electron chi connectivity index (χ3n) is 16.9. The largest absolute Gasteiger partial charge is 0.497 e. The van der Waals surface area contributed by atoms with Crippen molar-refractivity contribution in [2.75, 3.05) is 7.11 Å². The second-order valence-electron chi connectivity index (χ2n) is 20.6. The van der Waals surface area contributed by atoms with Gasteiger partial charge < -0.3 is 19.9 Å². The molecule has 1 amide bonds. The highest BCUT2D eigenvalue weighted by molar-refractivity contribution is 5.77. The quantitative estimate of drug-likeness (QED) is 0.174. The Morgan fingerprint density at radius 2 is 1.57 bits per heavy atom. The molecule has 5 fully saturated rings. The summed E-state index contributed by atoms with van der Waals surface area (Å²) in [5, 5.41) is 12.6. The summed E-state index contributed by atoms with van der Waals surface area (Å²) in [4.78, 5) is 38.5. The number of allylic oxidation sites excluding steroid dienone is 1. The van der Waals surface area contributed by atoms with Gasteiger partial charge in [0.1, 0.15) is 11.9 Å². The van der Waals surface area contributed by atoms with Gasteiger partial charge in [0.05, 0.1) is 20.0 Å². The lowest BCUT2D eigenvalue weighted by molar-refractivity contribution is -0.250. The Bertz CT molecular complexity index is 1580. The van der Waals surface area contributed by atoms with E-state index >= 15 is 0 Å². The summed E-state index contributed by atoms with van der Waals surface area (Å²) in [5.74, 6) is 2.38. The van der Waals surface area contributed by atoms with Crippen LogP contribution < -0.4 is 10.1 Å². The Balaban J connectivity index is 1.20. The Morgan fingerprint density at radius 3 is 2.21 bits per heavy atom. The van der Waals surface area contributed by atoms with E-state index in [9.17, 15) is 19.5 Å². The lowest BCUT2D eigenvalue weighted by atomic mass is 9.32. The molecule has 0 spiro atoms. The van der Waals surface area contributed by atoms with Crippen LogP contribution in [0.3, 0.4) is 0 Å². The Hall–Kier alpha value is -2.83. The molecule has 0 unspecified atom stereocenters. The summed E-state index contributed by atoms with van der Waals surface area (Å²) in [7, 11) is 1.67. The van der Waals surface area contributed by atoms with Crippen LogP contribution in [0.25, 0.3) is 0 Å². The van der Waals surface area contributed by atoms with Crippen LogP contribution >= 0.6 is 0 Å². The number of carboxylic acid groups (broad SMARTS) is 1. The second-order valence-corrected chi connectivity index (χ2v) is 20.6. The van der Waals surface area contributed by atoms with E-state index in [2.05, 4.69) is 53.4 Å². The monoisotopic (exact) mass is 732 g/mol. The van der Waals surface area contributed by atoms with Crippen molar-refractivity contribution in [1.82, 2.24) is 5.32 Å². The van der Waals surface area contributed by atoms with Crippen LogP contribution in [0.4, 0.5) is 0 Å². The first kappa shape index (κ1) is 39.9. The van der Waals surface area contributed by atoms with E-state index in [-0.39, 0.29) is 57.9 Å². The lowest BCUT2D eigenvalue weighted by Gasteiger charge is -2.73. The molecule has 1 aromatic rings. The summed E-state index contributed by atoms with van der Waals surface area (Å²) in [5.41, 5.74) is 2.10. The van der Waals surface area contributed by atoms with Crippen molar-refractivity contribution in [1.29, 1.82) is 0 Å². The van der Waals surface area contributed by atoms with Gasteiger partial charge in [0.2, 0.25) is 5.91 Å². The fourth-order valence-corrected chi connectivity index (χ4v) is 14.2. The molecule has 0 saturated heterocycles. The van der Waals surface area contributed by atoms with Crippen molar-refractivity contribution >= 4 is 17.8 Å². The lowest BCUT2D eigenvalue weighted by Crippen LogP contribution is -2.67. The number of rotatable bonds is 11. The standard InChI is InChI=1S/C46H69NO6/c1-29(2)32-17-22-46(25-37(48)47-28-30-11-13-31(52-10)14-12-30)24-23-44(8)33(40(32)46)15-16-35-43(7)20-19-36(42(5,6)34(43)18-21-45(35,44)9)53-39(51)27-41(3,4)26-38(49)50/h11-14,32-36,40H,1,15-28H2,2-10H3,(H,47,48)(H,49,50)/t32-,33+,34-,35+,36-,40+,43-,44+,45+,46+/m0/s1. The average molecular weight is 732 g/mol. The number of hydrogen-bond acceptors (Lipinski definition) is 5. The van der Waals surface area contributed by atoms with E-state index in [1.165, 1.54) is 31.3 Å². The molecule has 5 aliphatic rings. The van der Waals surface area contributed by atoms with Crippen molar-refractivity contribution < 1.29 is 29.0 Å². The highest BCUT2D eigenvalue weighted by atomic mass is 16.5. The number of carbonyl (C=O) groups excluding carboxylic acids is 2. The maximum Gasteiger partial charge on any atom is 0.306 e. The van der Waals surface area contributed by atoms with Gasteiger partial charge in [-0.25, -0.2) is 0 Å². The van der Waals surface area contributed by atoms with E-state index in [1.807, 2.05) is 38.1 Å². The van der Waals surface area contributed by atoms with Gasteiger partial charge in [0.25, 0.3) is 0 Å². The molecule has 7 nitrogen and oxygen atoms in total. The summed E-state index contributed by atoms with van der Waals surface area (Å²) >= 11 is 0. The van der Waals surface area contributed by atoms with Crippen molar-refractivity contribution in [3.63, 3.8) is 0 Å². The second kappa shape index (κ2) is 14.0. The molecule has 0 radical (unpaired) electrons. The van der Waals surface area contributed by atoms with Crippen LogP contribution in [-0.2, 0) is 25.7 Å². The van der Waals surface area contributed by atoms with E-state index < -0.39 is 11.4 Å². The predicted octanol–water partition coefficient (Wildman–Crippen LogP) is 10.2. The third-order valence-corrected chi connectivity index (χ3v) is 16.9. The molecule has 53 heavy (non-hydrogen) atoms. The van der Waals surface area contributed by atoms with E-state index in [1.54, 1.807) is 7.11 Å². The van der Waals surface area contributed by atoms with E-state index in [4.69, 9.17) is 9.47 Å². The van der Waals surface area contributed by atoms with Crippen LogP contribution in [0.5, 0.6) is 5.75 Å². The van der Waals surface area contributed by atoms with E-state index in [0.717, 1.165) is 49.8 Å². The minimum absolute atomic E-state index is 0.0189. The molecule has 2 N–H and O–H groups in total. The number of aliphatic carboxylic acids is 1. The maximum atomic E-state index is 13.8. The molecular formula is C46H69NO6. The number of methoxy groups -OCH3 is 1. The highest BCUT2D eigenvalue weighted by Gasteiger charge is 2.71. The molecule has 0 aromatic heterocycles. The minimum Gasteiger partial charge on any atom is -0.497 e. The zero-order valence-corrected chi connectivity index (χ0v) is 34.4. The first-order valence-corrected chi connectivity index (χ1v) is 20.7. The summed E-state index contributed by atoms with van der Waals surface area (Å²) < 4.78 is 11.6. The summed E-state index contributed by atoms with van der Waals surface area (Å²) in [6.45, 7) is 23.5. The minimum atomic E-state index is -0.886. The first-order chi connectivity index (χ1) is 24.7. The number of hydrogen-bond donors (Lipinski definition) is 2. The normalized spacial score (nSPS) is 38.7. The van der Waals surface area contributed by atoms with Crippen LogP contribution in [-0.4, -0.2) is 36.2 Å². The van der Waals surface area contributed by atoms with Crippen LogP contribution in [0.2, 0.25) is 0 Å². The molecule has 10 atom stereocenters. The third kappa shape index (κ3) is 6.87. The number of benzene rings is 1. The average Bonchev–Trinajstić information content (AvgIpc) is 3.44. The van der Waals surface area contributed by atoms with Gasteiger partial charge in [-0.2, -0.15) is 0 Å². The van der Waals surface area contributed by atoms with E-state index in [0.29, 0.717) is 42.6 Å². The number of fused-ring (bicyclic) bond motifs is 7. The van der Waals surface area contributed by atoms with Gasteiger partial charge in [-0.15, -0.1) is 0 Å². The topological polar surface area (TPSA) is 102 Å². The Morgan fingerprint density at radius 1 is 0.868 bits per heavy atom. The zero-order valence-electron chi connectivity index (χ0n) is 34.4.